The van der Waals surface area contributed by atoms with Crippen molar-refractivity contribution in [1.29, 1.82) is 0 Å². The Kier molecular flexibility index (Phi) is 0.836. The summed E-state index contributed by atoms with van der Waals surface area (Å²) in [6.45, 7) is 1.68. The summed E-state index contributed by atoms with van der Waals surface area (Å²) >= 11 is 0. The highest BCUT2D eigenvalue weighted by Gasteiger charge is 2.05. The van der Waals surface area contributed by atoms with E-state index in [4.69, 9.17) is 0 Å². The van der Waals surface area contributed by atoms with Gasteiger partial charge in [-0.1, -0.05) is 11.5 Å². The van der Waals surface area contributed by atoms with Gasteiger partial charge in [0.1, 0.15) is 7.14 Å². The van der Waals surface area contributed by atoms with E-state index in [-0.39, 0.29) is 0 Å². The SMILES string of the molecule is CP1(=O)C=C=C=C1. The first-order valence-electron chi connectivity index (χ1n) is 1.97. The standard InChI is InChI=1S/C5H5OP/c1-7(6)4-2-3-5-7/h4-5H,1H3. The Hall–Kier alpha value is -0.470. The number of hydrogen-bond acceptors (Lipinski definition) is 1. The van der Waals surface area contributed by atoms with Crippen LogP contribution in [0.2, 0.25) is 0 Å². The van der Waals surface area contributed by atoms with Crippen LogP contribution in [-0.2, 0) is 4.57 Å². The molecule has 0 N–H and O–H groups in total. The van der Waals surface area contributed by atoms with Gasteiger partial charge in [0.25, 0.3) is 0 Å². The lowest BCUT2D eigenvalue weighted by Crippen LogP contribution is -1.55. The molecule has 0 aliphatic carbocycles. The Labute approximate surface area is 42.4 Å². The summed E-state index contributed by atoms with van der Waals surface area (Å²) in [5.41, 5.74) is 5.24. The van der Waals surface area contributed by atoms with E-state index in [0.717, 1.165) is 0 Å². The second kappa shape index (κ2) is 1.25. The van der Waals surface area contributed by atoms with Crippen LogP contribution in [0.5, 0.6) is 0 Å². The quantitative estimate of drug-likeness (QED) is 0.344. The molecule has 0 spiro atoms. The van der Waals surface area contributed by atoms with Gasteiger partial charge in [0, 0.05) is 11.6 Å². The third-order valence-electron chi connectivity index (χ3n) is 0.725. The highest BCUT2D eigenvalue weighted by molar-refractivity contribution is 7.69. The molecule has 0 aromatic heterocycles. The van der Waals surface area contributed by atoms with E-state index in [1.54, 1.807) is 18.3 Å². The molecule has 0 aromatic rings. The van der Waals surface area contributed by atoms with Gasteiger partial charge in [0.15, 0.2) is 0 Å². The van der Waals surface area contributed by atoms with Gasteiger partial charge in [0.2, 0.25) is 0 Å². The van der Waals surface area contributed by atoms with E-state index >= 15 is 0 Å². The lowest BCUT2D eigenvalue weighted by atomic mass is 10.9. The normalized spacial score (nSPS) is 21.3. The Balaban J connectivity index is 3.21. The number of hydrogen-bond donors (Lipinski definition) is 0. The summed E-state index contributed by atoms with van der Waals surface area (Å²) in [5.74, 6) is 3.12. The van der Waals surface area contributed by atoms with Gasteiger partial charge in [-0.05, 0) is 6.66 Å². The van der Waals surface area contributed by atoms with Crippen molar-refractivity contribution in [3.05, 3.63) is 23.1 Å². The van der Waals surface area contributed by atoms with Crippen molar-refractivity contribution in [2.75, 3.05) is 6.66 Å². The van der Waals surface area contributed by atoms with Crippen LogP contribution in [0.25, 0.3) is 0 Å². The summed E-state index contributed by atoms with van der Waals surface area (Å²) in [6.07, 6.45) is 0. The molecule has 1 aliphatic rings. The second-order valence-electron chi connectivity index (χ2n) is 1.61. The van der Waals surface area contributed by atoms with Crippen LogP contribution in [0.15, 0.2) is 23.1 Å². The van der Waals surface area contributed by atoms with Gasteiger partial charge in [-0.15, -0.1) is 0 Å². The van der Waals surface area contributed by atoms with Gasteiger partial charge in [-0.2, -0.15) is 0 Å². The molecule has 1 rings (SSSR count). The molecular weight excluding hydrogens is 107 g/mol. The summed E-state index contributed by atoms with van der Waals surface area (Å²) in [4.78, 5) is 0. The first kappa shape index (κ1) is 4.68. The predicted molar refractivity (Wildman–Crippen MR) is 29.7 cm³/mol. The largest absolute Gasteiger partial charge is 0.314 e. The van der Waals surface area contributed by atoms with E-state index in [2.05, 4.69) is 11.5 Å². The fourth-order valence-corrected chi connectivity index (χ4v) is 1.10. The van der Waals surface area contributed by atoms with Gasteiger partial charge < -0.3 is 4.57 Å². The fraction of sp³-hybridized carbons (Fsp3) is 0.200. The highest BCUT2D eigenvalue weighted by Crippen LogP contribution is 2.45. The van der Waals surface area contributed by atoms with Crippen molar-refractivity contribution in [2.24, 2.45) is 0 Å². The van der Waals surface area contributed by atoms with E-state index in [1.165, 1.54) is 0 Å². The maximum Gasteiger partial charge on any atom is 0.142 e. The van der Waals surface area contributed by atoms with Crippen LogP contribution in [0, 0.1) is 0 Å². The fourth-order valence-electron chi connectivity index (χ4n) is 0.368. The van der Waals surface area contributed by atoms with Crippen molar-refractivity contribution in [1.82, 2.24) is 0 Å². The van der Waals surface area contributed by atoms with E-state index < -0.39 is 7.14 Å². The zero-order valence-electron chi connectivity index (χ0n) is 4.01. The topological polar surface area (TPSA) is 17.1 Å². The Morgan fingerprint density at radius 1 is 1.43 bits per heavy atom. The minimum absolute atomic E-state index is 1.56. The minimum Gasteiger partial charge on any atom is -0.314 e. The molecule has 0 radical (unpaired) electrons. The molecular formula is C5H5OP. The van der Waals surface area contributed by atoms with Crippen molar-refractivity contribution < 1.29 is 4.57 Å². The summed E-state index contributed by atoms with van der Waals surface area (Å²) in [5, 5.41) is 0. The molecule has 0 saturated heterocycles. The Morgan fingerprint density at radius 3 is 2.00 bits per heavy atom. The number of rotatable bonds is 0. The van der Waals surface area contributed by atoms with Crippen molar-refractivity contribution in [2.45, 2.75) is 0 Å². The van der Waals surface area contributed by atoms with Crippen molar-refractivity contribution >= 4 is 7.14 Å². The zero-order chi connectivity index (χ0) is 5.33. The minimum atomic E-state index is -2.02. The lowest BCUT2D eigenvalue weighted by molar-refractivity contribution is 0.590. The van der Waals surface area contributed by atoms with Crippen LogP contribution in [0.4, 0.5) is 0 Å². The van der Waals surface area contributed by atoms with Gasteiger partial charge in [-0.25, -0.2) is 0 Å². The van der Waals surface area contributed by atoms with Crippen molar-refractivity contribution in [3.63, 3.8) is 0 Å². The van der Waals surface area contributed by atoms with Crippen LogP contribution in [-0.4, -0.2) is 6.66 Å². The predicted octanol–water partition coefficient (Wildman–Crippen LogP) is 1.77. The molecule has 2 heteroatoms. The van der Waals surface area contributed by atoms with Crippen LogP contribution in [0.1, 0.15) is 0 Å². The van der Waals surface area contributed by atoms with Crippen molar-refractivity contribution in [3.8, 4) is 0 Å². The molecule has 0 aromatic carbocycles. The molecule has 1 nitrogen and oxygen atoms in total. The average Bonchev–Trinajstić information content (AvgIpc) is 1.84. The summed E-state index contributed by atoms with van der Waals surface area (Å²) in [7, 11) is -2.02. The third-order valence-corrected chi connectivity index (χ3v) is 2.01. The Morgan fingerprint density at radius 2 is 1.86 bits per heavy atom. The second-order valence-corrected chi connectivity index (χ2v) is 4.24. The van der Waals surface area contributed by atoms with E-state index in [0.29, 0.717) is 0 Å². The Bertz CT molecular complexity index is 194. The van der Waals surface area contributed by atoms with Crippen LogP contribution < -0.4 is 0 Å². The first-order valence-corrected chi connectivity index (χ1v) is 4.27. The molecule has 7 heavy (non-hydrogen) atoms. The van der Waals surface area contributed by atoms with Gasteiger partial charge >= 0.3 is 0 Å². The molecule has 0 unspecified atom stereocenters. The van der Waals surface area contributed by atoms with Gasteiger partial charge in [0.05, 0.1) is 0 Å². The monoisotopic (exact) mass is 112 g/mol. The molecule has 0 atom stereocenters. The van der Waals surface area contributed by atoms with Crippen LogP contribution in [0.3, 0.4) is 0 Å². The smallest absolute Gasteiger partial charge is 0.142 e. The van der Waals surface area contributed by atoms with Gasteiger partial charge in [-0.3, -0.25) is 0 Å². The van der Waals surface area contributed by atoms with Crippen LogP contribution >= 0.6 is 7.14 Å². The molecule has 1 aliphatic heterocycles. The molecule has 0 bridgehead atoms. The molecule has 1 heterocycles. The van der Waals surface area contributed by atoms with E-state index in [9.17, 15) is 4.57 Å². The maximum atomic E-state index is 10.8. The summed E-state index contributed by atoms with van der Waals surface area (Å²) in [6, 6.07) is 0. The van der Waals surface area contributed by atoms with E-state index in [1.807, 2.05) is 0 Å². The maximum absolute atomic E-state index is 10.8. The summed E-state index contributed by atoms with van der Waals surface area (Å²) < 4.78 is 10.8. The first-order chi connectivity index (χ1) is 3.21. The average molecular weight is 112 g/mol. The zero-order valence-corrected chi connectivity index (χ0v) is 4.90. The molecule has 0 saturated carbocycles. The molecule has 0 fully saturated rings. The third kappa shape index (κ3) is 0.947. The molecule has 0 amide bonds. The lowest BCUT2D eigenvalue weighted by Gasteiger charge is -1.88. The highest BCUT2D eigenvalue weighted by atomic mass is 31.2. The molecule has 36 valence electrons.